The van der Waals surface area contributed by atoms with Crippen LogP contribution in [0, 0.1) is 6.92 Å². The van der Waals surface area contributed by atoms with Crippen molar-refractivity contribution in [2.45, 2.75) is 32.2 Å². The van der Waals surface area contributed by atoms with Crippen molar-refractivity contribution in [2.75, 3.05) is 18.8 Å². The van der Waals surface area contributed by atoms with Crippen LogP contribution < -0.4 is 5.73 Å². The van der Waals surface area contributed by atoms with Crippen LogP contribution in [0.3, 0.4) is 0 Å². The van der Waals surface area contributed by atoms with E-state index < -0.39 is 0 Å². The minimum Gasteiger partial charge on any atom is -0.384 e. The van der Waals surface area contributed by atoms with Gasteiger partial charge in [-0.25, -0.2) is 4.98 Å². The van der Waals surface area contributed by atoms with Crippen molar-refractivity contribution >= 4 is 23.1 Å². The molecule has 0 spiro atoms. The number of nitrogens with zero attached hydrogens (tertiary/aromatic N) is 4. The third kappa shape index (κ3) is 3.48. The van der Waals surface area contributed by atoms with Crippen molar-refractivity contribution in [3.8, 4) is 0 Å². The maximum absolute atomic E-state index is 6.16. The number of aryl methyl sites for hydroxylation is 1. The van der Waals surface area contributed by atoms with E-state index in [1.807, 2.05) is 37.3 Å². The van der Waals surface area contributed by atoms with E-state index in [1.54, 1.807) is 4.52 Å². The molecule has 3 heterocycles. The van der Waals surface area contributed by atoms with Crippen molar-refractivity contribution in [1.82, 2.24) is 19.5 Å². The predicted molar refractivity (Wildman–Crippen MR) is 101 cm³/mol. The first-order chi connectivity index (χ1) is 12.1. The molecule has 0 radical (unpaired) electrons. The molecule has 130 valence electrons. The highest BCUT2D eigenvalue weighted by Crippen LogP contribution is 2.29. The molecule has 0 bridgehead atoms. The van der Waals surface area contributed by atoms with Crippen LogP contribution in [0.4, 0.5) is 5.82 Å². The molecule has 0 atom stereocenters. The van der Waals surface area contributed by atoms with Crippen molar-refractivity contribution in [1.29, 1.82) is 0 Å². The molecule has 2 aromatic heterocycles. The summed E-state index contributed by atoms with van der Waals surface area (Å²) in [4.78, 5) is 7.26. The molecular weight excluding hydrogens is 334 g/mol. The summed E-state index contributed by atoms with van der Waals surface area (Å²) >= 11 is 6.08. The number of likely N-dealkylation sites (tertiary alicyclic amines) is 1. The standard InChI is InChI=1S/C19H22ClN5/c1-13-9-19-22-17(11-18(21)25(19)23-13)15-5-7-24(8-6-15)12-14-3-2-4-16(20)10-14/h2-4,9-11,15H,5-8,12,21H2,1H3. The van der Waals surface area contributed by atoms with Crippen LogP contribution in [0.2, 0.25) is 5.02 Å². The number of nitrogens with two attached hydrogens (primary N) is 1. The Morgan fingerprint density at radius 3 is 2.76 bits per heavy atom. The number of benzene rings is 1. The van der Waals surface area contributed by atoms with Gasteiger partial charge in [0.25, 0.3) is 0 Å². The lowest BCUT2D eigenvalue weighted by molar-refractivity contribution is 0.203. The van der Waals surface area contributed by atoms with Gasteiger partial charge >= 0.3 is 0 Å². The lowest BCUT2D eigenvalue weighted by Crippen LogP contribution is -2.32. The Morgan fingerprint density at radius 1 is 1.20 bits per heavy atom. The highest BCUT2D eigenvalue weighted by Gasteiger charge is 2.23. The van der Waals surface area contributed by atoms with Crippen molar-refractivity contribution in [3.63, 3.8) is 0 Å². The van der Waals surface area contributed by atoms with Crippen LogP contribution in [0.1, 0.15) is 35.7 Å². The fraction of sp³-hybridized carbons (Fsp3) is 0.368. The van der Waals surface area contributed by atoms with E-state index in [0.717, 1.165) is 54.5 Å². The highest BCUT2D eigenvalue weighted by atomic mass is 35.5. The fourth-order valence-corrected chi connectivity index (χ4v) is 3.84. The Hall–Kier alpha value is -2.11. The third-order valence-electron chi connectivity index (χ3n) is 4.90. The SMILES string of the molecule is Cc1cc2nc(C3CCN(Cc4cccc(Cl)c4)CC3)cc(N)n2n1. The fourth-order valence-electron chi connectivity index (χ4n) is 3.62. The minimum atomic E-state index is 0.457. The first kappa shape index (κ1) is 16.4. The zero-order valence-electron chi connectivity index (χ0n) is 14.3. The number of nitrogen functional groups attached to an aromatic ring is 1. The van der Waals surface area contributed by atoms with Gasteiger partial charge in [-0.3, -0.25) is 4.90 Å². The third-order valence-corrected chi connectivity index (χ3v) is 5.13. The van der Waals surface area contributed by atoms with Gasteiger partial charge in [0.05, 0.1) is 5.69 Å². The number of piperidine rings is 1. The van der Waals surface area contributed by atoms with Crippen molar-refractivity contribution < 1.29 is 0 Å². The second-order valence-electron chi connectivity index (χ2n) is 6.84. The van der Waals surface area contributed by atoms with Gasteiger partial charge in [0, 0.05) is 35.3 Å². The predicted octanol–water partition coefficient (Wildman–Crippen LogP) is 3.65. The maximum Gasteiger partial charge on any atom is 0.157 e. The summed E-state index contributed by atoms with van der Waals surface area (Å²) in [6, 6.07) is 12.1. The van der Waals surface area contributed by atoms with Gasteiger partial charge in [-0.2, -0.15) is 9.61 Å². The summed E-state index contributed by atoms with van der Waals surface area (Å²) in [7, 11) is 0. The van der Waals surface area contributed by atoms with E-state index >= 15 is 0 Å². The molecule has 1 aliphatic heterocycles. The molecule has 2 N–H and O–H groups in total. The number of fused-ring (bicyclic) bond motifs is 1. The van der Waals surface area contributed by atoms with Gasteiger partial charge in [-0.15, -0.1) is 0 Å². The smallest absolute Gasteiger partial charge is 0.157 e. The zero-order valence-corrected chi connectivity index (χ0v) is 15.1. The molecule has 4 rings (SSSR count). The van der Waals surface area contributed by atoms with Gasteiger partial charge < -0.3 is 5.73 Å². The molecule has 5 nitrogen and oxygen atoms in total. The van der Waals surface area contributed by atoms with Gasteiger partial charge in [-0.05, 0) is 50.6 Å². The second kappa shape index (κ2) is 6.65. The normalized spacial score (nSPS) is 16.6. The van der Waals surface area contributed by atoms with Crippen LogP contribution in [0.25, 0.3) is 5.65 Å². The largest absolute Gasteiger partial charge is 0.384 e. The van der Waals surface area contributed by atoms with Crippen LogP contribution >= 0.6 is 11.6 Å². The average molecular weight is 356 g/mol. The van der Waals surface area contributed by atoms with Crippen LogP contribution in [-0.2, 0) is 6.54 Å². The lowest BCUT2D eigenvalue weighted by Gasteiger charge is -2.31. The maximum atomic E-state index is 6.16. The Balaban J connectivity index is 1.45. The van der Waals surface area contributed by atoms with Crippen molar-refractivity contribution in [2.24, 2.45) is 0 Å². The summed E-state index contributed by atoms with van der Waals surface area (Å²) in [5.74, 6) is 1.12. The molecule has 1 aliphatic rings. The molecule has 25 heavy (non-hydrogen) atoms. The minimum absolute atomic E-state index is 0.457. The molecule has 6 heteroatoms. The highest BCUT2D eigenvalue weighted by molar-refractivity contribution is 6.30. The Kier molecular flexibility index (Phi) is 4.36. The van der Waals surface area contributed by atoms with E-state index in [9.17, 15) is 0 Å². The van der Waals surface area contributed by atoms with Crippen molar-refractivity contribution in [3.05, 3.63) is 58.4 Å². The molecular formula is C19H22ClN5. The summed E-state index contributed by atoms with van der Waals surface area (Å²) < 4.78 is 1.72. The molecule has 1 fully saturated rings. The first-order valence-electron chi connectivity index (χ1n) is 8.68. The molecule has 0 unspecified atom stereocenters. The first-order valence-corrected chi connectivity index (χ1v) is 9.06. The Bertz CT molecular complexity index is 896. The molecule has 1 aromatic carbocycles. The summed E-state index contributed by atoms with van der Waals surface area (Å²) in [6.07, 6.45) is 2.19. The number of anilines is 1. The summed E-state index contributed by atoms with van der Waals surface area (Å²) in [5, 5.41) is 5.18. The van der Waals surface area contributed by atoms with Crippen LogP contribution in [0.5, 0.6) is 0 Å². The van der Waals surface area contributed by atoms with Gasteiger partial charge in [0.2, 0.25) is 0 Å². The quantitative estimate of drug-likeness (QED) is 0.779. The van der Waals surface area contributed by atoms with Gasteiger partial charge in [-0.1, -0.05) is 23.7 Å². The van der Waals surface area contributed by atoms with Gasteiger partial charge in [0.1, 0.15) is 5.82 Å². The second-order valence-corrected chi connectivity index (χ2v) is 7.28. The van der Waals surface area contributed by atoms with Gasteiger partial charge in [0.15, 0.2) is 5.65 Å². The number of rotatable bonds is 3. The Morgan fingerprint density at radius 2 is 2.00 bits per heavy atom. The topological polar surface area (TPSA) is 59.5 Å². The molecule has 3 aromatic rings. The average Bonchev–Trinajstić information content (AvgIpc) is 2.96. The van der Waals surface area contributed by atoms with E-state index in [-0.39, 0.29) is 0 Å². The van der Waals surface area contributed by atoms with Crippen LogP contribution in [-0.4, -0.2) is 32.6 Å². The lowest BCUT2D eigenvalue weighted by atomic mass is 9.93. The van der Waals surface area contributed by atoms with E-state index in [0.29, 0.717) is 11.7 Å². The number of halogens is 1. The molecule has 0 saturated carbocycles. The molecule has 1 saturated heterocycles. The summed E-state index contributed by atoms with van der Waals surface area (Å²) in [5.41, 5.74) is 10.3. The number of aromatic nitrogens is 3. The monoisotopic (exact) mass is 355 g/mol. The Labute approximate surface area is 152 Å². The van der Waals surface area contributed by atoms with E-state index in [4.69, 9.17) is 22.3 Å². The molecule has 0 aliphatic carbocycles. The summed E-state index contributed by atoms with van der Waals surface area (Å²) in [6.45, 7) is 5.02. The zero-order chi connectivity index (χ0) is 17.4. The van der Waals surface area contributed by atoms with E-state index in [2.05, 4.69) is 16.1 Å². The number of hydrogen-bond donors (Lipinski definition) is 1. The number of hydrogen-bond acceptors (Lipinski definition) is 4. The van der Waals surface area contributed by atoms with E-state index in [1.165, 1.54) is 5.56 Å². The molecule has 0 amide bonds. The van der Waals surface area contributed by atoms with Crippen LogP contribution in [0.15, 0.2) is 36.4 Å².